The van der Waals surface area contributed by atoms with Crippen LogP contribution < -0.4 is 5.73 Å². The molecule has 0 aliphatic rings. The van der Waals surface area contributed by atoms with Crippen molar-refractivity contribution in [3.8, 4) is 0 Å². The van der Waals surface area contributed by atoms with Crippen molar-refractivity contribution in [1.82, 2.24) is 0 Å². The van der Waals surface area contributed by atoms with E-state index in [2.05, 4.69) is 0 Å². The Morgan fingerprint density at radius 2 is 2.06 bits per heavy atom. The van der Waals surface area contributed by atoms with Crippen molar-refractivity contribution in [2.45, 2.75) is 25.8 Å². The van der Waals surface area contributed by atoms with Crippen LogP contribution in [-0.4, -0.2) is 20.4 Å². The summed E-state index contributed by atoms with van der Waals surface area (Å²) in [5.74, 6) is -0.195. The van der Waals surface area contributed by atoms with E-state index in [-0.39, 0.29) is 17.6 Å². The van der Waals surface area contributed by atoms with E-state index in [4.69, 9.17) is 5.73 Å². The van der Waals surface area contributed by atoms with Crippen LogP contribution in [0.3, 0.4) is 0 Å². The van der Waals surface area contributed by atoms with Crippen LogP contribution in [0.1, 0.15) is 30.0 Å². The van der Waals surface area contributed by atoms with Gasteiger partial charge < -0.3 is 5.73 Å². The highest BCUT2D eigenvalue weighted by Crippen LogP contribution is 2.21. The van der Waals surface area contributed by atoms with E-state index in [1.807, 2.05) is 6.92 Å². The molecule has 0 aliphatic carbocycles. The highest BCUT2D eigenvalue weighted by molar-refractivity contribution is 7.90. The summed E-state index contributed by atoms with van der Waals surface area (Å²) in [6, 6.07) is 4.18. The number of hydrogen-bond donors (Lipinski definition) is 1. The lowest BCUT2D eigenvalue weighted by molar-refractivity contribution is 0.582. The molecule has 0 heterocycles. The maximum Gasteiger partial charge on any atom is 0.147 e. The third-order valence-corrected chi connectivity index (χ3v) is 3.70. The smallest absolute Gasteiger partial charge is 0.147 e. The molecular weight excluding hydrogens is 241 g/mol. The largest absolute Gasteiger partial charge is 0.324 e. The minimum absolute atomic E-state index is 0.120. The van der Waals surface area contributed by atoms with Crippen molar-refractivity contribution in [3.05, 3.63) is 35.1 Å². The Morgan fingerprint density at radius 3 is 2.65 bits per heavy atom. The standard InChI is InChI=1S/C12H18FNO2S/c1-9-5-6-10(13)8-11(9)12(14)4-3-7-17(2,15)16/h5-6,8,12H,3-4,7,14H2,1-2H3. The zero-order valence-corrected chi connectivity index (χ0v) is 10.9. The van der Waals surface area contributed by atoms with Gasteiger partial charge in [-0.3, -0.25) is 0 Å². The fraction of sp³-hybridized carbons (Fsp3) is 0.500. The molecule has 3 nitrogen and oxygen atoms in total. The van der Waals surface area contributed by atoms with Crippen molar-refractivity contribution in [3.63, 3.8) is 0 Å². The molecule has 0 saturated heterocycles. The molecule has 1 atom stereocenters. The molecule has 0 fully saturated rings. The summed E-state index contributed by atoms with van der Waals surface area (Å²) in [4.78, 5) is 0. The second-order valence-corrected chi connectivity index (χ2v) is 6.64. The molecule has 0 aromatic heterocycles. The van der Waals surface area contributed by atoms with Gasteiger partial charge in [-0.15, -0.1) is 0 Å². The van der Waals surface area contributed by atoms with Crippen LogP contribution in [0.5, 0.6) is 0 Å². The van der Waals surface area contributed by atoms with Crippen LogP contribution in [0.25, 0.3) is 0 Å². The number of nitrogens with two attached hydrogens (primary N) is 1. The van der Waals surface area contributed by atoms with Crippen LogP contribution in [0.4, 0.5) is 4.39 Å². The molecule has 0 bridgehead atoms. The molecule has 1 rings (SSSR count). The first-order valence-corrected chi connectivity index (χ1v) is 7.55. The molecule has 0 saturated carbocycles. The maximum absolute atomic E-state index is 13.1. The Hall–Kier alpha value is -0.940. The number of halogens is 1. The number of benzene rings is 1. The molecular formula is C12H18FNO2S. The van der Waals surface area contributed by atoms with Crippen molar-refractivity contribution >= 4 is 9.84 Å². The molecule has 96 valence electrons. The van der Waals surface area contributed by atoms with Crippen molar-refractivity contribution < 1.29 is 12.8 Å². The second-order valence-electron chi connectivity index (χ2n) is 4.38. The zero-order valence-electron chi connectivity index (χ0n) is 10.1. The van der Waals surface area contributed by atoms with Crippen molar-refractivity contribution in [2.24, 2.45) is 5.73 Å². The molecule has 0 spiro atoms. The van der Waals surface area contributed by atoms with Crippen LogP contribution >= 0.6 is 0 Å². The average Bonchev–Trinajstić information content (AvgIpc) is 2.19. The van der Waals surface area contributed by atoms with Crippen LogP contribution in [0, 0.1) is 12.7 Å². The number of hydrogen-bond acceptors (Lipinski definition) is 3. The Labute approximate surface area is 102 Å². The second kappa shape index (κ2) is 5.60. The SMILES string of the molecule is Cc1ccc(F)cc1C(N)CCCS(C)(=O)=O. The highest BCUT2D eigenvalue weighted by Gasteiger charge is 2.11. The Bertz CT molecular complexity index is 485. The van der Waals surface area contributed by atoms with Gasteiger partial charge in [-0.2, -0.15) is 0 Å². The highest BCUT2D eigenvalue weighted by atomic mass is 32.2. The predicted octanol–water partition coefficient (Wildman–Crippen LogP) is 1.96. The van der Waals surface area contributed by atoms with Crippen molar-refractivity contribution in [1.29, 1.82) is 0 Å². The van der Waals surface area contributed by atoms with Crippen molar-refractivity contribution in [2.75, 3.05) is 12.0 Å². The van der Waals surface area contributed by atoms with E-state index < -0.39 is 9.84 Å². The van der Waals surface area contributed by atoms with Gasteiger partial charge in [-0.05, 0) is 43.0 Å². The summed E-state index contributed by atoms with van der Waals surface area (Å²) in [6.07, 6.45) is 2.24. The van der Waals surface area contributed by atoms with Gasteiger partial charge in [0, 0.05) is 18.1 Å². The Morgan fingerprint density at radius 1 is 1.41 bits per heavy atom. The summed E-state index contributed by atoms with van der Waals surface area (Å²) >= 11 is 0. The van der Waals surface area contributed by atoms with E-state index in [0.29, 0.717) is 12.8 Å². The minimum atomic E-state index is -2.95. The Balaban J connectivity index is 2.64. The fourth-order valence-corrected chi connectivity index (χ4v) is 2.42. The van der Waals surface area contributed by atoms with Crippen LogP contribution in [-0.2, 0) is 9.84 Å². The summed E-state index contributed by atoms with van der Waals surface area (Å²) in [7, 11) is -2.95. The van der Waals surface area contributed by atoms with Gasteiger partial charge >= 0.3 is 0 Å². The van der Waals surface area contributed by atoms with Gasteiger partial charge in [0.1, 0.15) is 15.7 Å². The first-order valence-electron chi connectivity index (χ1n) is 5.49. The first-order chi connectivity index (χ1) is 7.79. The van der Waals surface area contributed by atoms with Gasteiger partial charge in [0.15, 0.2) is 0 Å². The number of rotatable bonds is 5. The summed E-state index contributed by atoms with van der Waals surface area (Å²) in [5.41, 5.74) is 7.61. The number of sulfone groups is 1. The lowest BCUT2D eigenvalue weighted by atomic mass is 9.98. The third-order valence-electron chi connectivity index (χ3n) is 2.67. The van der Waals surface area contributed by atoms with Gasteiger partial charge in [0.05, 0.1) is 0 Å². The van der Waals surface area contributed by atoms with E-state index in [9.17, 15) is 12.8 Å². The Kier molecular flexibility index (Phi) is 4.65. The first kappa shape index (κ1) is 14.1. The quantitative estimate of drug-likeness (QED) is 0.879. The van der Waals surface area contributed by atoms with E-state index in [0.717, 1.165) is 11.1 Å². The van der Waals surface area contributed by atoms with E-state index in [1.165, 1.54) is 18.4 Å². The third kappa shape index (κ3) is 4.83. The lowest BCUT2D eigenvalue weighted by Gasteiger charge is -2.14. The molecule has 2 N–H and O–H groups in total. The van der Waals surface area contributed by atoms with Gasteiger partial charge in [0.25, 0.3) is 0 Å². The predicted molar refractivity (Wildman–Crippen MR) is 67.0 cm³/mol. The van der Waals surface area contributed by atoms with Gasteiger partial charge in [0.2, 0.25) is 0 Å². The molecule has 1 aromatic carbocycles. The van der Waals surface area contributed by atoms with E-state index >= 15 is 0 Å². The molecule has 0 aliphatic heterocycles. The van der Waals surface area contributed by atoms with Gasteiger partial charge in [-0.1, -0.05) is 6.07 Å². The molecule has 0 amide bonds. The summed E-state index contributed by atoms with van der Waals surface area (Å²) in [6.45, 7) is 1.87. The van der Waals surface area contributed by atoms with Crippen LogP contribution in [0.15, 0.2) is 18.2 Å². The molecule has 17 heavy (non-hydrogen) atoms. The zero-order chi connectivity index (χ0) is 13.1. The summed E-state index contributed by atoms with van der Waals surface area (Å²) < 4.78 is 35.0. The maximum atomic E-state index is 13.1. The molecule has 1 aromatic rings. The number of aryl methyl sites for hydroxylation is 1. The van der Waals surface area contributed by atoms with E-state index in [1.54, 1.807) is 6.07 Å². The molecule has 0 radical (unpaired) electrons. The van der Waals surface area contributed by atoms with Crippen LogP contribution in [0.2, 0.25) is 0 Å². The van der Waals surface area contributed by atoms with Gasteiger partial charge in [-0.25, -0.2) is 12.8 Å². The normalized spacial score (nSPS) is 13.6. The minimum Gasteiger partial charge on any atom is -0.324 e. The molecule has 5 heteroatoms. The monoisotopic (exact) mass is 259 g/mol. The topological polar surface area (TPSA) is 60.2 Å². The average molecular weight is 259 g/mol. The lowest BCUT2D eigenvalue weighted by Crippen LogP contribution is -2.14. The summed E-state index contributed by atoms with van der Waals surface area (Å²) in [5, 5.41) is 0. The fourth-order valence-electron chi connectivity index (χ4n) is 1.73. The molecule has 1 unspecified atom stereocenters.